The van der Waals surface area contributed by atoms with E-state index in [1.807, 2.05) is 6.07 Å². The summed E-state index contributed by atoms with van der Waals surface area (Å²) >= 11 is 1.25. The lowest BCUT2D eigenvalue weighted by Crippen LogP contribution is -2.20. The molecule has 1 aromatic heterocycles. The van der Waals surface area contributed by atoms with Crippen molar-refractivity contribution < 1.29 is 33.3 Å². The molecule has 3 aromatic rings. The van der Waals surface area contributed by atoms with E-state index in [1.54, 1.807) is 37.8 Å². The van der Waals surface area contributed by atoms with Gasteiger partial charge in [-0.15, -0.1) is 11.3 Å². The second-order valence-corrected chi connectivity index (χ2v) is 7.19. The molecule has 0 bridgehead atoms. The van der Waals surface area contributed by atoms with Gasteiger partial charge in [0.2, 0.25) is 0 Å². The molecule has 0 atom stereocenters. The molecule has 0 saturated heterocycles. The third-order valence-corrected chi connectivity index (χ3v) is 5.11. The number of thiazole rings is 1. The molecule has 3 rings (SSSR count). The number of nitrogens with zero attached hydrogens (tertiary/aromatic N) is 1. The quantitative estimate of drug-likeness (QED) is 0.485. The third-order valence-electron chi connectivity index (χ3n) is 4.35. The fourth-order valence-corrected chi connectivity index (χ4v) is 3.49. The number of esters is 1. The highest BCUT2D eigenvalue weighted by Gasteiger charge is 2.15. The summed E-state index contributed by atoms with van der Waals surface area (Å²) < 4.78 is 25.9. The Labute approximate surface area is 188 Å². The van der Waals surface area contributed by atoms with E-state index in [9.17, 15) is 9.59 Å². The standard InChI is InChI=1S/C22H22N2O7S/c1-27-15-7-14(8-16(10-15)28-2)21(26)31-11-20(25)24-22-23-17(12-32-22)13-5-6-18(29-3)19(9-13)30-4/h5-10,12H,11H2,1-4H3,(H,23,24,25). The molecular weight excluding hydrogens is 436 g/mol. The molecule has 0 aliphatic heterocycles. The summed E-state index contributed by atoms with van der Waals surface area (Å²) in [5.74, 6) is 0.863. The number of anilines is 1. The van der Waals surface area contributed by atoms with Crippen molar-refractivity contribution in [2.45, 2.75) is 0 Å². The van der Waals surface area contributed by atoms with Gasteiger partial charge in [-0.25, -0.2) is 9.78 Å². The minimum absolute atomic E-state index is 0.207. The summed E-state index contributed by atoms with van der Waals surface area (Å²) in [6.07, 6.45) is 0. The maximum Gasteiger partial charge on any atom is 0.338 e. The Morgan fingerprint density at radius 1 is 0.906 bits per heavy atom. The number of carbonyl (C=O) groups excluding carboxylic acids is 2. The number of hydrogen-bond donors (Lipinski definition) is 1. The van der Waals surface area contributed by atoms with Crippen LogP contribution in [0.5, 0.6) is 23.0 Å². The minimum atomic E-state index is -0.678. The van der Waals surface area contributed by atoms with Crippen LogP contribution in [0.4, 0.5) is 5.13 Å². The first-order valence-corrected chi connectivity index (χ1v) is 10.2. The fourth-order valence-electron chi connectivity index (χ4n) is 2.75. The fraction of sp³-hybridized carbons (Fsp3) is 0.227. The Bertz CT molecular complexity index is 1090. The van der Waals surface area contributed by atoms with Crippen LogP contribution in [0.1, 0.15) is 10.4 Å². The maximum atomic E-state index is 12.3. The van der Waals surface area contributed by atoms with Crippen molar-refractivity contribution in [3.63, 3.8) is 0 Å². The van der Waals surface area contributed by atoms with E-state index in [0.29, 0.717) is 33.8 Å². The van der Waals surface area contributed by atoms with Gasteiger partial charge in [-0.05, 0) is 30.3 Å². The molecule has 0 spiro atoms. The lowest BCUT2D eigenvalue weighted by Gasteiger charge is -2.09. The second-order valence-electron chi connectivity index (χ2n) is 6.33. The van der Waals surface area contributed by atoms with Gasteiger partial charge in [0.1, 0.15) is 11.5 Å². The van der Waals surface area contributed by atoms with E-state index in [4.69, 9.17) is 23.7 Å². The van der Waals surface area contributed by atoms with Crippen molar-refractivity contribution in [1.29, 1.82) is 0 Å². The van der Waals surface area contributed by atoms with Crippen LogP contribution in [0.3, 0.4) is 0 Å². The van der Waals surface area contributed by atoms with Crippen LogP contribution in [-0.2, 0) is 9.53 Å². The summed E-state index contributed by atoms with van der Waals surface area (Å²) in [5.41, 5.74) is 1.67. The molecule has 0 fully saturated rings. The number of carbonyl (C=O) groups is 2. The third kappa shape index (κ3) is 5.46. The molecule has 9 nitrogen and oxygen atoms in total. The van der Waals surface area contributed by atoms with Crippen molar-refractivity contribution >= 4 is 28.3 Å². The van der Waals surface area contributed by atoms with Crippen molar-refractivity contribution in [3.8, 4) is 34.3 Å². The molecule has 1 amide bonds. The van der Waals surface area contributed by atoms with Crippen molar-refractivity contribution in [2.24, 2.45) is 0 Å². The largest absolute Gasteiger partial charge is 0.497 e. The van der Waals surface area contributed by atoms with Gasteiger partial charge in [-0.2, -0.15) is 0 Å². The Hall–Kier alpha value is -3.79. The Morgan fingerprint density at radius 2 is 1.59 bits per heavy atom. The zero-order valence-electron chi connectivity index (χ0n) is 18.0. The van der Waals surface area contributed by atoms with Crippen LogP contribution in [0.2, 0.25) is 0 Å². The highest BCUT2D eigenvalue weighted by Crippen LogP contribution is 2.33. The number of hydrogen-bond acceptors (Lipinski definition) is 9. The highest BCUT2D eigenvalue weighted by atomic mass is 32.1. The predicted molar refractivity (Wildman–Crippen MR) is 119 cm³/mol. The molecule has 1 heterocycles. The number of nitrogens with one attached hydrogen (secondary N) is 1. The molecule has 0 unspecified atom stereocenters. The topological polar surface area (TPSA) is 105 Å². The Balaban J connectivity index is 1.61. The molecule has 10 heteroatoms. The number of rotatable bonds is 9. The van der Waals surface area contributed by atoms with E-state index >= 15 is 0 Å². The molecule has 168 valence electrons. The second kappa shape index (κ2) is 10.5. The lowest BCUT2D eigenvalue weighted by molar-refractivity contribution is -0.119. The van der Waals surface area contributed by atoms with Crippen LogP contribution >= 0.6 is 11.3 Å². The van der Waals surface area contributed by atoms with Gasteiger partial charge in [0.05, 0.1) is 39.7 Å². The van der Waals surface area contributed by atoms with Crippen LogP contribution < -0.4 is 24.3 Å². The zero-order valence-corrected chi connectivity index (χ0v) is 18.8. The Morgan fingerprint density at radius 3 is 2.22 bits per heavy atom. The first-order valence-electron chi connectivity index (χ1n) is 9.35. The van der Waals surface area contributed by atoms with Gasteiger partial charge in [-0.3, -0.25) is 10.1 Å². The minimum Gasteiger partial charge on any atom is -0.497 e. The van der Waals surface area contributed by atoms with Crippen molar-refractivity contribution in [1.82, 2.24) is 4.98 Å². The number of aromatic nitrogens is 1. The number of methoxy groups -OCH3 is 4. The van der Waals surface area contributed by atoms with Crippen molar-refractivity contribution in [2.75, 3.05) is 40.4 Å². The van der Waals surface area contributed by atoms with Crippen LogP contribution in [-0.4, -0.2) is 51.9 Å². The first kappa shape index (κ1) is 22.9. The maximum absolute atomic E-state index is 12.3. The van der Waals surface area contributed by atoms with Gasteiger partial charge in [0, 0.05) is 17.0 Å². The first-order chi connectivity index (χ1) is 15.5. The predicted octanol–water partition coefficient (Wildman–Crippen LogP) is 3.64. The lowest BCUT2D eigenvalue weighted by atomic mass is 10.1. The molecule has 0 aliphatic rings. The molecule has 0 saturated carbocycles. The molecular formula is C22H22N2O7S. The van der Waals surface area contributed by atoms with Gasteiger partial charge < -0.3 is 23.7 Å². The smallest absolute Gasteiger partial charge is 0.338 e. The summed E-state index contributed by atoms with van der Waals surface area (Å²) in [5, 5.41) is 4.79. The number of benzene rings is 2. The van der Waals surface area contributed by atoms with Crippen LogP contribution in [0.15, 0.2) is 41.8 Å². The van der Waals surface area contributed by atoms with Gasteiger partial charge in [0.15, 0.2) is 23.2 Å². The monoisotopic (exact) mass is 458 g/mol. The summed E-state index contributed by atoms with van der Waals surface area (Å²) in [4.78, 5) is 28.9. The van der Waals surface area contributed by atoms with Crippen LogP contribution in [0, 0.1) is 0 Å². The molecule has 0 aliphatic carbocycles. The molecule has 0 radical (unpaired) electrons. The molecule has 1 N–H and O–H groups in total. The summed E-state index contributed by atoms with van der Waals surface area (Å²) in [7, 11) is 6.06. The van der Waals surface area contributed by atoms with Crippen LogP contribution in [0.25, 0.3) is 11.3 Å². The zero-order chi connectivity index (χ0) is 23.1. The Kier molecular flexibility index (Phi) is 7.50. The van der Waals surface area contributed by atoms with Crippen molar-refractivity contribution in [3.05, 3.63) is 47.3 Å². The average Bonchev–Trinajstić information content (AvgIpc) is 3.29. The number of ether oxygens (including phenoxy) is 5. The van der Waals surface area contributed by atoms with E-state index in [2.05, 4.69) is 10.3 Å². The van der Waals surface area contributed by atoms with Gasteiger partial charge in [0.25, 0.3) is 5.91 Å². The molecule has 2 aromatic carbocycles. The van der Waals surface area contributed by atoms with Gasteiger partial charge in [-0.1, -0.05) is 0 Å². The van der Waals surface area contributed by atoms with E-state index in [1.165, 1.54) is 37.7 Å². The van der Waals surface area contributed by atoms with E-state index < -0.39 is 18.5 Å². The molecule has 32 heavy (non-hydrogen) atoms. The van der Waals surface area contributed by atoms with Gasteiger partial charge >= 0.3 is 5.97 Å². The highest BCUT2D eigenvalue weighted by molar-refractivity contribution is 7.14. The SMILES string of the molecule is COc1cc(OC)cc(C(=O)OCC(=O)Nc2nc(-c3ccc(OC)c(OC)c3)cs2)c1. The number of amides is 1. The van der Waals surface area contributed by atoms with E-state index in [-0.39, 0.29) is 5.56 Å². The summed E-state index contributed by atoms with van der Waals surface area (Å²) in [6, 6.07) is 10.0. The average molecular weight is 458 g/mol. The normalized spacial score (nSPS) is 10.2. The summed E-state index contributed by atoms with van der Waals surface area (Å²) in [6.45, 7) is -0.469. The van der Waals surface area contributed by atoms with E-state index in [0.717, 1.165) is 5.56 Å².